The van der Waals surface area contributed by atoms with Gasteiger partial charge in [-0.3, -0.25) is 0 Å². The van der Waals surface area contributed by atoms with Gasteiger partial charge in [0.2, 0.25) is 0 Å². The molecular formula is C17H21N3. The minimum absolute atomic E-state index is 0.0139. The lowest BCUT2D eigenvalue weighted by Crippen LogP contribution is -2.35. The van der Waals surface area contributed by atoms with Gasteiger partial charge in [-0.25, -0.2) is 4.98 Å². The Labute approximate surface area is 120 Å². The maximum Gasteiger partial charge on any atom is 0.137 e. The molecular weight excluding hydrogens is 246 g/mol. The fraction of sp³-hybridized carbons (Fsp3) is 0.353. The second kappa shape index (κ2) is 5.25. The van der Waals surface area contributed by atoms with Gasteiger partial charge in [0.25, 0.3) is 0 Å². The molecule has 0 fully saturated rings. The van der Waals surface area contributed by atoms with Gasteiger partial charge in [0.15, 0.2) is 0 Å². The number of aromatic nitrogens is 1. The number of hydrogen-bond acceptors (Lipinski definition) is 3. The van der Waals surface area contributed by atoms with Crippen LogP contribution in [0.4, 0.5) is 11.5 Å². The summed E-state index contributed by atoms with van der Waals surface area (Å²) in [5, 5.41) is 0. The molecule has 0 saturated carbocycles. The second-order valence-electron chi connectivity index (χ2n) is 5.59. The number of nitrogens with zero attached hydrogens (tertiary/aromatic N) is 2. The zero-order valence-electron chi connectivity index (χ0n) is 12.1. The molecule has 0 aliphatic carbocycles. The van der Waals surface area contributed by atoms with Crippen molar-refractivity contribution < 1.29 is 0 Å². The van der Waals surface area contributed by atoms with Crippen molar-refractivity contribution >= 4 is 11.5 Å². The smallest absolute Gasteiger partial charge is 0.137 e. The van der Waals surface area contributed by atoms with Crippen LogP contribution in [0.25, 0.3) is 0 Å². The van der Waals surface area contributed by atoms with Crippen LogP contribution >= 0.6 is 0 Å². The zero-order chi connectivity index (χ0) is 14.1. The molecule has 3 heteroatoms. The molecule has 2 heterocycles. The molecule has 104 valence electrons. The molecule has 3 rings (SSSR count). The van der Waals surface area contributed by atoms with Crippen LogP contribution in [-0.2, 0) is 6.42 Å². The first-order valence-corrected chi connectivity index (χ1v) is 7.26. The molecule has 1 aliphatic rings. The Bertz CT molecular complexity index is 607. The molecule has 2 N–H and O–H groups in total. The summed E-state index contributed by atoms with van der Waals surface area (Å²) in [6, 6.07) is 13.1. The minimum Gasteiger partial charge on any atom is -0.324 e. The number of pyridine rings is 1. The second-order valence-corrected chi connectivity index (χ2v) is 5.59. The molecule has 1 aromatic heterocycles. The van der Waals surface area contributed by atoms with Crippen LogP contribution in [0.5, 0.6) is 0 Å². The quantitative estimate of drug-likeness (QED) is 0.904. The summed E-state index contributed by atoms with van der Waals surface area (Å²) in [7, 11) is 0. The molecule has 0 bridgehead atoms. The van der Waals surface area contributed by atoms with Crippen molar-refractivity contribution in [1.29, 1.82) is 0 Å². The Morgan fingerprint density at radius 3 is 2.85 bits per heavy atom. The topological polar surface area (TPSA) is 42.2 Å². The summed E-state index contributed by atoms with van der Waals surface area (Å²) >= 11 is 0. The van der Waals surface area contributed by atoms with Gasteiger partial charge >= 0.3 is 0 Å². The SMILES string of the molecule is CC1CCc2ccccc2N1c1ncccc1[C@@H](C)N. The highest BCUT2D eigenvalue weighted by Crippen LogP contribution is 2.38. The van der Waals surface area contributed by atoms with E-state index >= 15 is 0 Å². The molecule has 20 heavy (non-hydrogen) atoms. The van der Waals surface area contributed by atoms with Crippen molar-refractivity contribution in [3.8, 4) is 0 Å². The maximum absolute atomic E-state index is 6.12. The van der Waals surface area contributed by atoms with Crippen LogP contribution in [-0.4, -0.2) is 11.0 Å². The first-order valence-electron chi connectivity index (χ1n) is 7.26. The van der Waals surface area contributed by atoms with Crippen molar-refractivity contribution in [1.82, 2.24) is 4.98 Å². The van der Waals surface area contributed by atoms with Gasteiger partial charge in [-0.1, -0.05) is 24.3 Å². The predicted octanol–water partition coefficient (Wildman–Crippen LogP) is 3.57. The lowest BCUT2D eigenvalue weighted by molar-refractivity contribution is 0.609. The van der Waals surface area contributed by atoms with Crippen LogP contribution in [0.1, 0.15) is 37.4 Å². The monoisotopic (exact) mass is 267 g/mol. The lowest BCUT2D eigenvalue weighted by atomic mass is 9.95. The maximum atomic E-state index is 6.12. The highest BCUT2D eigenvalue weighted by atomic mass is 15.2. The van der Waals surface area contributed by atoms with Crippen LogP contribution in [0.3, 0.4) is 0 Å². The van der Waals surface area contributed by atoms with E-state index in [1.807, 2.05) is 19.2 Å². The Hall–Kier alpha value is -1.87. The van der Waals surface area contributed by atoms with Gasteiger partial charge in [-0.05, 0) is 44.4 Å². The van der Waals surface area contributed by atoms with Crippen LogP contribution < -0.4 is 10.6 Å². The molecule has 1 aliphatic heterocycles. The fourth-order valence-corrected chi connectivity index (χ4v) is 2.98. The molecule has 1 unspecified atom stereocenters. The summed E-state index contributed by atoms with van der Waals surface area (Å²) < 4.78 is 0. The summed E-state index contributed by atoms with van der Waals surface area (Å²) in [4.78, 5) is 6.96. The Morgan fingerprint density at radius 1 is 1.25 bits per heavy atom. The minimum atomic E-state index is -0.0139. The van der Waals surface area contributed by atoms with Crippen molar-refractivity contribution in [2.24, 2.45) is 5.73 Å². The third-order valence-electron chi connectivity index (χ3n) is 4.06. The van der Waals surface area contributed by atoms with Gasteiger partial charge in [-0.15, -0.1) is 0 Å². The van der Waals surface area contributed by atoms with E-state index in [4.69, 9.17) is 5.73 Å². The zero-order valence-corrected chi connectivity index (χ0v) is 12.1. The molecule has 0 spiro atoms. The number of fused-ring (bicyclic) bond motifs is 1. The third kappa shape index (κ3) is 2.18. The predicted molar refractivity (Wildman–Crippen MR) is 83.2 cm³/mol. The number of anilines is 2. The highest BCUT2D eigenvalue weighted by Gasteiger charge is 2.27. The summed E-state index contributed by atoms with van der Waals surface area (Å²) in [5.74, 6) is 1.00. The van der Waals surface area contributed by atoms with Gasteiger partial charge in [0.1, 0.15) is 5.82 Å². The lowest BCUT2D eigenvalue weighted by Gasteiger charge is -2.37. The summed E-state index contributed by atoms with van der Waals surface area (Å²) in [6.07, 6.45) is 4.13. The molecule has 3 nitrogen and oxygen atoms in total. The van der Waals surface area contributed by atoms with E-state index in [1.165, 1.54) is 11.3 Å². The number of nitrogens with two attached hydrogens (primary N) is 1. The standard InChI is InChI=1S/C17H21N3/c1-12-9-10-14-6-3-4-8-16(14)20(12)17-15(13(2)18)7-5-11-19-17/h3-8,11-13H,9-10,18H2,1-2H3/t12?,13-/m1/s1. The van der Waals surface area contributed by atoms with Crippen molar-refractivity contribution in [3.63, 3.8) is 0 Å². The van der Waals surface area contributed by atoms with E-state index in [2.05, 4.69) is 47.1 Å². The van der Waals surface area contributed by atoms with E-state index in [1.54, 1.807) is 0 Å². The van der Waals surface area contributed by atoms with Crippen molar-refractivity contribution in [3.05, 3.63) is 53.7 Å². The number of aryl methyl sites for hydroxylation is 1. The molecule has 2 atom stereocenters. The first kappa shape index (κ1) is 13.1. The van der Waals surface area contributed by atoms with Crippen molar-refractivity contribution in [2.45, 2.75) is 38.8 Å². The van der Waals surface area contributed by atoms with Crippen LogP contribution in [0.2, 0.25) is 0 Å². The van der Waals surface area contributed by atoms with E-state index in [-0.39, 0.29) is 6.04 Å². The summed E-state index contributed by atoms with van der Waals surface area (Å²) in [5.41, 5.74) is 9.89. The van der Waals surface area contributed by atoms with Crippen molar-refractivity contribution in [2.75, 3.05) is 4.90 Å². The van der Waals surface area contributed by atoms with Gasteiger partial charge < -0.3 is 10.6 Å². The van der Waals surface area contributed by atoms with E-state index < -0.39 is 0 Å². The van der Waals surface area contributed by atoms with Gasteiger partial charge in [0.05, 0.1) is 0 Å². The number of hydrogen-bond donors (Lipinski definition) is 1. The highest BCUT2D eigenvalue weighted by molar-refractivity contribution is 5.68. The van der Waals surface area contributed by atoms with Gasteiger partial charge in [0, 0.05) is 29.5 Å². The van der Waals surface area contributed by atoms with Crippen LogP contribution in [0, 0.1) is 0 Å². The molecule has 1 aromatic carbocycles. The van der Waals surface area contributed by atoms with Crippen LogP contribution in [0.15, 0.2) is 42.6 Å². The van der Waals surface area contributed by atoms with E-state index in [0.29, 0.717) is 6.04 Å². The molecule has 0 saturated heterocycles. The fourth-order valence-electron chi connectivity index (χ4n) is 2.98. The van der Waals surface area contributed by atoms with E-state index in [9.17, 15) is 0 Å². The van der Waals surface area contributed by atoms with E-state index in [0.717, 1.165) is 24.2 Å². The number of benzene rings is 1. The normalized spacial score (nSPS) is 19.6. The van der Waals surface area contributed by atoms with Gasteiger partial charge in [-0.2, -0.15) is 0 Å². The third-order valence-corrected chi connectivity index (χ3v) is 4.06. The summed E-state index contributed by atoms with van der Waals surface area (Å²) in [6.45, 7) is 4.27. The average molecular weight is 267 g/mol. The number of rotatable bonds is 2. The molecule has 0 amide bonds. The average Bonchev–Trinajstić information content (AvgIpc) is 2.47. The Morgan fingerprint density at radius 2 is 2.05 bits per heavy atom. The molecule has 2 aromatic rings. The number of para-hydroxylation sites is 1. The Kier molecular flexibility index (Phi) is 3.45. The largest absolute Gasteiger partial charge is 0.324 e. The first-order chi connectivity index (χ1) is 9.68. The molecule has 0 radical (unpaired) electrons. The Balaban J connectivity index is 2.14.